The molecule has 106 valence electrons. The maximum Gasteiger partial charge on any atom is 0.573 e. The van der Waals surface area contributed by atoms with E-state index in [-0.39, 0.29) is 18.1 Å². The third kappa shape index (κ3) is 4.11. The number of rotatable bonds is 4. The van der Waals surface area contributed by atoms with Crippen LogP contribution in [-0.4, -0.2) is 11.3 Å². The minimum Gasteiger partial charge on any atom is -0.484 e. The summed E-state index contributed by atoms with van der Waals surface area (Å²) >= 11 is 0. The first-order valence-corrected chi connectivity index (χ1v) is 5.52. The summed E-state index contributed by atoms with van der Waals surface area (Å²) in [7, 11) is 0. The highest BCUT2D eigenvalue weighted by molar-refractivity contribution is 5.27. The summed E-state index contributed by atoms with van der Waals surface area (Å²) in [5, 5.41) is 0. The average molecular weight is 287 g/mol. The highest BCUT2D eigenvalue weighted by atomic mass is 19.4. The summed E-state index contributed by atoms with van der Waals surface area (Å²) in [5.41, 5.74) is 0.572. The van der Waals surface area contributed by atoms with Crippen LogP contribution in [-0.2, 0) is 6.61 Å². The molecule has 7 heteroatoms. The number of aromatic nitrogens is 1. The van der Waals surface area contributed by atoms with Crippen molar-refractivity contribution in [1.29, 1.82) is 0 Å². The first-order chi connectivity index (χ1) is 9.44. The molecule has 0 bridgehead atoms. The van der Waals surface area contributed by atoms with Crippen LogP contribution < -0.4 is 9.47 Å². The van der Waals surface area contributed by atoms with E-state index in [0.29, 0.717) is 5.56 Å². The van der Waals surface area contributed by atoms with Crippen LogP contribution in [0.3, 0.4) is 0 Å². The molecule has 0 amide bonds. The summed E-state index contributed by atoms with van der Waals surface area (Å²) in [4.78, 5) is 3.41. The molecule has 0 unspecified atom stereocenters. The van der Waals surface area contributed by atoms with Gasteiger partial charge in [0.25, 0.3) is 5.95 Å². The molecule has 0 atom stereocenters. The van der Waals surface area contributed by atoms with E-state index in [0.717, 1.165) is 12.1 Å². The average Bonchev–Trinajstić information content (AvgIpc) is 2.38. The standard InChI is InChI=1S/C13H9F4NO2/c14-12-11(2-1-7-18-12)19-8-9-3-5-10(6-4-9)20-13(15,16)17/h1-7H,8H2. The predicted octanol–water partition coefficient (Wildman–Crippen LogP) is 3.70. The second kappa shape index (κ2) is 5.77. The van der Waals surface area contributed by atoms with Gasteiger partial charge in [-0.25, -0.2) is 4.98 Å². The van der Waals surface area contributed by atoms with Crippen LogP contribution in [0.25, 0.3) is 0 Å². The maximum atomic E-state index is 13.2. The Bertz CT molecular complexity index is 569. The molecular formula is C13H9F4NO2. The molecule has 0 aliphatic heterocycles. The van der Waals surface area contributed by atoms with Crippen molar-refractivity contribution < 1.29 is 27.0 Å². The van der Waals surface area contributed by atoms with E-state index in [1.165, 1.54) is 30.5 Å². The van der Waals surface area contributed by atoms with Gasteiger partial charge in [0.1, 0.15) is 12.4 Å². The molecule has 0 N–H and O–H groups in total. The van der Waals surface area contributed by atoms with Gasteiger partial charge in [0, 0.05) is 6.20 Å². The van der Waals surface area contributed by atoms with Crippen molar-refractivity contribution in [2.45, 2.75) is 13.0 Å². The molecule has 0 fully saturated rings. The lowest BCUT2D eigenvalue weighted by Gasteiger charge is -2.10. The van der Waals surface area contributed by atoms with E-state index in [1.54, 1.807) is 0 Å². The molecular weight excluding hydrogens is 278 g/mol. The van der Waals surface area contributed by atoms with Crippen molar-refractivity contribution in [3.05, 3.63) is 54.1 Å². The third-order valence-electron chi connectivity index (χ3n) is 2.28. The van der Waals surface area contributed by atoms with Crippen LogP contribution in [0.1, 0.15) is 5.56 Å². The topological polar surface area (TPSA) is 31.4 Å². The Morgan fingerprint density at radius 3 is 2.35 bits per heavy atom. The molecule has 2 rings (SSSR count). The largest absolute Gasteiger partial charge is 0.573 e. The zero-order valence-electron chi connectivity index (χ0n) is 10.0. The van der Waals surface area contributed by atoms with Gasteiger partial charge >= 0.3 is 6.36 Å². The van der Waals surface area contributed by atoms with Crippen LogP contribution in [0.2, 0.25) is 0 Å². The molecule has 20 heavy (non-hydrogen) atoms. The number of alkyl halides is 3. The second-order valence-corrected chi connectivity index (χ2v) is 3.77. The number of hydrogen-bond acceptors (Lipinski definition) is 3. The fraction of sp³-hybridized carbons (Fsp3) is 0.154. The molecule has 0 saturated carbocycles. The number of halogens is 4. The Labute approximate surface area is 111 Å². The molecule has 0 spiro atoms. The van der Waals surface area contributed by atoms with Crippen molar-refractivity contribution in [2.75, 3.05) is 0 Å². The van der Waals surface area contributed by atoms with Crippen LogP contribution >= 0.6 is 0 Å². The summed E-state index contributed by atoms with van der Waals surface area (Å²) < 4.78 is 57.9. The lowest BCUT2D eigenvalue weighted by atomic mass is 10.2. The number of benzene rings is 1. The van der Waals surface area contributed by atoms with Crippen molar-refractivity contribution in [1.82, 2.24) is 4.98 Å². The summed E-state index contributed by atoms with van der Waals surface area (Å²) in [6.07, 6.45) is -3.44. The van der Waals surface area contributed by atoms with E-state index >= 15 is 0 Å². The number of pyridine rings is 1. The Morgan fingerprint density at radius 1 is 1.05 bits per heavy atom. The van der Waals surface area contributed by atoms with Crippen molar-refractivity contribution in [2.24, 2.45) is 0 Å². The van der Waals surface area contributed by atoms with Gasteiger partial charge in [-0.2, -0.15) is 4.39 Å². The Hall–Kier alpha value is -2.31. The zero-order valence-corrected chi connectivity index (χ0v) is 10.0. The Kier molecular flexibility index (Phi) is 4.07. The molecule has 2 aromatic rings. The molecule has 1 heterocycles. The highest BCUT2D eigenvalue weighted by Gasteiger charge is 2.30. The monoisotopic (exact) mass is 287 g/mol. The number of ether oxygens (including phenoxy) is 2. The predicted molar refractivity (Wildman–Crippen MR) is 61.7 cm³/mol. The van der Waals surface area contributed by atoms with Crippen molar-refractivity contribution >= 4 is 0 Å². The maximum absolute atomic E-state index is 13.2. The van der Waals surface area contributed by atoms with E-state index in [2.05, 4.69) is 9.72 Å². The van der Waals surface area contributed by atoms with Crippen LogP contribution in [0.5, 0.6) is 11.5 Å². The summed E-state index contributed by atoms with van der Waals surface area (Å²) in [6.45, 7) is 0.00884. The molecule has 1 aromatic carbocycles. The summed E-state index contributed by atoms with van der Waals surface area (Å²) in [5.74, 6) is -1.10. The number of nitrogens with zero attached hydrogens (tertiary/aromatic N) is 1. The Morgan fingerprint density at radius 2 is 1.75 bits per heavy atom. The number of hydrogen-bond donors (Lipinski definition) is 0. The third-order valence-corrected chi connectivity index (χ3v) is 2.28. The molecule has 0 aliphatic carbocycles. The molecule has 0 saturated heterocycles. The van der Waals surface area contributed by atoms with Crippen LogP contribution in [0, 0.1) is 5.95 Å². The van der Waals surface area contributed by atoms with Gasteiger partial charge in [0.05, 0.1) is 0 Å². The molecule has 1 aromatic heterocycles. The molecule has 3 nitrogen and oxygen atoms in total. The van der Waals surface area contributed by atoms with Gasteiger partial charge in [-0.15, -0.1) is 13.2 Å². The van der Waals surface area contributed by atoms with E-state index < -0.39 is 12.3 Å². The first kappa shape index (κ1) is 14.1. The lowest BCUT2D eigenvalue weighted by Crippen LogP contribution is -2.17. The van der Waals surface area contributed by atoms with Gasteiger partial charge in [-0.05, 0) is 29.8 Å². The van der Waals surface area contributed by atoms with Crippen molar-refractivity contribution in [3.8, 4) is 11.5 Å². The highest BCUT2D eigenvalue weighted by Crippen LogP contribution is 2.23. The smallest absolute Gasteiger partial charge is 0.484 e. The van der Waals surface area contributed by atoms with Crippen LogP contribution in [0.4, 0.5) is 17.6 Å². The summed E-state index contributed by atoms with van der Waals surface area (Å²) in [6, 6.07) is 8.03. The van der Waals surface area contributed by atoms with Gasteiger partial charge in [0.2, 0.25) is 0 Å². The molecule has 0 radical (unpaired) electrons. The molecule has 0 aliphatic rings. The normalized spacial score (nSPS) is 11.2. The van der Waals surface area contributed by atoms with E-state index in [1.807, 2.05) is 0 Å². The van der Waals surface area contributed by atoms with Gasteiger partial charge in [0.15, 0.2) is 5.75 Å². The Balaban J connectivity index is 1.96. The quantitative estimate of drug-likeness (QED) is 0.634. The zero-order chi connectivity index (χ0) is 14.6. The lowest BCUT2D eigenvalue weighted by molar-refractivity contribution is -0.274. The van der Waals surface area contributed by atoms with Gasteiger partial charge < -0.3 is 9.47 Å². The SMILES string of the molecule is Fc1ncccc1OCc1ccc(OC(F)(F)F)cc1. The minimum atomic E-state index is -4.73. The van der Waals surface area contributed by atoms with E-state index in [4.69, 9.17) is 4.74 Å². The van der Waals surface area contributed by atoms with Gasteiger partial charge in [-0.1, -0.05) is 12.1 Å². The van der Waals surface area contributed by atoms with E-state index in [9.17, 15) is 17.6 Å². The second-order valence-electron chi connectivity index (χ2n) is 3.77. The minimum absolute atomic E-state index is 0.00884. The van der Waals surface area contributed by atoms with Gasteiger partial charge in [-0.3, -0.25) is 0 Å². The first-order valence-electron chi connectivity index (χ1n) is 5.52. The van der Waals surface area contributed by atoms with Crippen molar-refractivity contribution in [3.63, 3.8) is 0 Å². The fourth-order valence-electron chi connectivity index (χ4n) is 1.43. The fourth-order valence-corrected chi connectivity index (χ4v) is 1.43. The van der Waals surface area contributed by atoms with Crippen LogP contribution in [0.15, 0.2) is 42.6 Å².